The summed E-state index contributed by atoms with van der Waals surface area (Å²) in [6.07, 6.45) is 4.46. The number of Topliss-reactive ketones (excluding diaryl/α,β-unsaturated/α-hetero) is 1. The van der Waals surface area contributed by atoms with E-state index in [9.17, 15) is 23.6 Å². The lowest BCUT2D eigenvalue weighted by Crippen LogP contribution is -2.43. The summed E-state index contributed by atoms with van der Waals surface area (Å²) in [6.45, 7) is 6.42. The van der Waals surface area contributed by atoms with Crippen molar-refractivity contribution in [3.05, 3.63) is 52.6 Å². The smallest absolute Gasteiger partial charge is 0.361 e. The predicted molar refractivity (Wildman–Crippen MR) is 155 cm³/mol. The highest BCUT2D eigenvalue weighted by Crippen LogP contribution is 2.40. The predicted octanol–water partition coefficient (Wildman–Crippen LogP) is 4.40. The van der Waals surface area contributed by atoms with Crippen molar-refractivity contribution >= 4 is 40.7 Å². The van der Waals surface area contributed by atoms with Crippen molar-refractivity contribution in [2.75, 3.05) is 26.3 Å². The normalized spacial score (nSPS) is 19.0. The maximum Gasteiger partial charge on any atom is 0.361 e. The number of ether oxygens (including phenoxy) is 2. The number of hydrogen-bond donors (Lipinski definition) is 0. The number of thioether (sulfide) groups is 1. The number of likely N-dealkylation sites (tertiary alicyclic amines) is 1. The number of carbonyl (C=O) groups is 4. The van der Waals surface area contributed by atoms with E-state index in [4.69, 9.17) is 9.47 Å². The van der Waals surface area contributed by atoms with Gasteiger partial charge in [-0.3, -0.25) is 19.3 Å². The average Bonchev–Trinajstić information content (AvgIpc) is 3.72. The number of piperidine rings is 1. The third kappa shape index (κ3) is 8.13. The van der Waals surface area contributed by atoms with Crippen LogP contribution in [0.4, 0.5) is 4.39 Å². The monoisotopic (exact) mass is 600 g/mol. The first-order valence-corrected chi connectivity index (χ1v) is 15.3. The van der Waals surface area contributed by atoms with Gasteiger partial charge in [0, 0.05) is 43.2 Å². The Balaban J connectivity index is 1.67. The van der Waals surface area contributed by atoms with Crippen molar-refractivity contribution < 1.29 is 33.0 Å². The highest BCUT2D eigenvalue weighted by Gasteiger charge is 2.41. The molecule has 1 saturated heterocycles. The lowest BCUT2D eigenvalue weighted by atomic mass is 9.93. The second-order valence-electron chi connectivity index (χ2n) is 10.3. The molecule has 1 aliphatic carbocycles. The average molecular weight is 601 g/mol. The molecule has 226 valence electrons. The summed E-state index contributed by atoms with van der Waals surface area (Å²) in [5.41, 5.74) is 1.40. The minimum absolute atomic E-state index is 0.00289. The van der Waals surface area contributed by atoms with Gasteiger partial charge >= 0.3 is 11.9 Å². The van der Waals surface area contributed by atoms with Gasteiger partial charge in [-0.1, -0.05) is 30.0 Å². The SMILES string of the molecule is CCOC(=O)CCCn1nc(C=C2CN(C(C(=O)C3CC3)c3ccccc3F)CCC2SC(C)=O)c(C(=O)OCC)n1. The number of carbonyl (C=O) groups excluding carboxylic acids is 4. The zero-order chi connectivity index (χ0) is 30.2. The summed E-state index contributed by atoms with van der Waals surface area (Å²) in [7, 11) is 0. The van der Waals surface area contributed by atoms with Crippen molar-refractivity contribution in [2.24, 2.45) is 5.92 Å². The number of benzene rings is 1. The number of aromatic nitrogens is 3. The number of ketones is 1. The maximum atomic E-state index is 15.0. The Hall–Kier alpha value is -3.38. The molecule has 2 fully saturated rings. The van der Waals surface area contributed by atoms with E-state index in [-0.39, 0.29) is 65.5 Å². The summed E-state index contributed by atoms with van der Waals surface area (Å²) < 4.78 is 25.2. The fourth-order valence-electron chi connectivity index (χ4n) is 5.07. The van der Waals surface area contributed by atoms with E-state index in [0.717, 1.165) is 18.4 Å². The van der Waals surface area contributed by atoms with Crippen LogP contribution in [-0.4, -0.2) is 74.3 Å². The van der Waals surface area contributed by atoms with Crippen molar-refractivity contribution in [1.29, 1.82) is 0 Å². The topological polar surface area (TPSA) is 121 Å². The van der Waals surface area contributed by atoms with E-state index >= 15 is 0 Å². The van der Waals surface area contributed by atoms with Gasteiger partial charge in [-0.2, -0.15) is 9.90 Å². The van der Waals surface area contributed by atoms with Crippen LogP contribution in [-0.2, 0) is 30.4 Å². The molecule has 10 nitrogen and oxygen atoms in total. The van der Waals surface area contributed by atoms with Crippen LogP contribution in [0.15, 0.2) is 29.8 Å². The first-order chi connectivity index (χ1) is 20.2. The second kappa shape index (κ2) is 14.7. The van der Waals surface area contributed by atoms with Gasteiger partial charge in [-0.25, -0.2) is 9.18 Å². The molecule has 2 aromatic rings. The van der Waals surface area contributed by atoms with Crippen LogP contribution < -0.4 is 0 Å². The lowest BCUT2D eigenvalue weighted by Gasteiger charge is -2.38. The minimum atomic E-state index is -0.756. The first kappa shape index (κ1) is 31.6. The third-order valence-corrected chi connectivity index (χ3v) is 8.27. The molecule has 0 bridgehead atoms. The molecule has 2 aliphatic rings. The maximum absolute atomic E-state index is 15.0. The van der Waals surface area contributed by atoms with E-state index in [0.29, 0.717) is 31.6 Å². The van der Waals surface area contributed by atoms with Crippen LogP contribution in [0.1, 0.15) is 80.7 Å². The fourth-order valence-corrected chi connectivity index (χ4v) is 5.99. The Morgan fingerprint density at radius 2 is 1.83 bits per heavy atom. The summed E-state index contributed by atoms with van der Waals surface area (Å²) in [6, 6.07) is 5.59. The Morgan fingerprint density at radius 3 is 2.50 bits per heavy atom. The van der Waals surface area contributed by atoms with Crippen LogP contribution in [0.2, 0.25) is 0 Å². The molecule has 0 spiro atoms. The molecule has 0 radical (unpaired) electrons. The van der Waals surface area contributed by atoms with Crippen LogP contribution in [0.3, 0.4) is 0 Å². The minimum Gasteiger partial charge on any atom is -0.466 e. The van der Waals surface area contributed by atoms with Crippen LogP contribution in [0.25, 0.3) is 6.08 Å². The number of halogens is 1. The van der Waals surface area contributed by atoms with Gasteiger partial charge in [0.1, 0.15) is 11.5 Å². The summed E-state index contributed by atoms with van der Waals surface area (Å²) in [5.74, 6) is -1.49. The Morgan fingerprint density at radius 1 is 1.10 bits per heavy atom. The van der Waals surface area contributed by atoms with E-state index in [1.807, 2.05) is 4.90 Å². The van der Waals surface area contributed by atoms with Gasteiger partial charge in [0.2, 0.25) is 0 Å². The molecular weight excluding hydrogens is 563 g/mol. The van der Waals surface area contributed by atoms with Crippen molar-refractivity contribution in [1.82, 2.24) is 19.9 Å². The van der Waals surface area contributed by atoms with Crippen LogP contribution in [0, 0.1) is 11.7 Å². The zero-order valence-electron chi connectivity index (χ0n) is 24.2. The zero-order valence-corrected chi connectivity index (χ0v) is 25.0. The lowest BCUT2D eigenvalue weighted by molar-refractivity contribution is -0.143. The summed E-state index contributed by atoms with van der Waals surface area (Å²) >= 11 is 1.18. The standard InChI is InChI=1S/C30H37FN4O6S/c1-4-40-26(37)11-8-15-35-32-24(27(33-35)30(39)41-5-2)17-21-18-34(16-14-25(21)42-19(3)36)28(29(38)20-12-13-20)22-9-6-7-10-23(22)31/h6-7,9-10,17,20,25,28H,4-5,8,11-16,18H2,1-3H3. The van der Waals surface area contributed by atoms with Gasteiger partial charge in [0.25, 0.3) is 0 Å². The number of esters is 2. The largest absolute Gasteiger partial charge is 0.466 e. The highest BCUT2D eigenvalue weighted by molar-refractivity contribution is 8.14. The van der Waals surface area contributed by atoms with E-state index in [1.54, 1.807) is 38.1 Å². The van der Waals surface area contributed by atoms with Crippen molar-refractivity contribution in [3.8, 4) is 0 Å². The molecule has 12 heteroatoms. The number of aryl methyl sites for hydroxylation is 1. The quantitative estimate of drug-likeness (QED) is 0.306. The van der Waals surface area contributed by atoms with Gasteiger partial charge in [-0.05, 0) is 57.2 Å². The van der Waals surface area contributed by atoms with E-state index < -0.39 is 17.8 Å². The number of hydrogen-bond acceptors (Lipinski definition) is 10. The van der Waals surface area contributed by atoms with Crippen LogP contribution in [0.5, 0.6) is 0 Å². The third-order valence-electron chi connectivity index (χ3n) is 7.12. The van der Waals surface area contributed by atoms with Gasteiger partial charge < -0.3 is 9.47 Å². The van der Waals surface area contributed by atoms with Crippen molar-refractivity contribution in [3.63, 3.8) is 0 Å². The molecule has 2 atom stereocenters. The molecule has 4 rings (SSSR count). The van der Waals surface area contributed by atoms with Gasteiger partial charge in [0.05, 0.1) is 25.8 Å². The summed E-state index contributed by atoms with van der Waals surface area (Å²) in [4.78, 5) is 53.5. The highest BCUT2D eigenvalue weighted by atomic mass is 32.2. The van der Waals surface area contributed by atoms with E-state index in [2.05, 4.69) is 10.2 Å². The van der Waals surface area contributed by atoms with Crippen LogP contribution >= 0.6 is 11.8 Å². The van der Waals surface area contributed by atoms with Gasteiger partial charge in [-0.15, -0.1) is 5.10 Å². The Bertz CT molecular complexity index is 1340. The Labute approximate surface area is 249 Å². The molecule has 1 aromatic heterocycles. The second-order valence-corrected chi connectivity index (χ2v) is 11.7. The fraction of sp³-hybridized carbons (Fsp3) is 0.533. The molecule has 0 amide bonds. The van der Waals surface area contributed by atoms with Gasteiger partial charge in [0.15, 0.2) is 16.6 Å². The molecule has 0 N–H and O–H groups in total. The molecule has 1 aliphatic heterocycles. The number of rotatable bonds is 13. The molecular formula is C30H37FN4O6S. The molecule has 2 heterocycles. The molecule has 2 unspecified atom stereocenters. The molecule has 1 aromatic carbocycles. The molecule has 42 heavy (non-hydrogen) atoms. The van der Waals surface area contributed by atoms with Crippen molar-refractivity contribution in [2.45, 2.75) is 70.7 Å². The first-order valence-electron chi connectivity index (χ1n) is 14.4. The Kier molecular flexibility index (Phi) is 11.0. The molecule has 1 saturated carbocycles. The van der Waals surface area contributed by atoms with E-state index in [1.165, 1.54) is 29.5 Å². The summed E-state index contributed by atoms with van der Waals surface area (Å²) in [5, 5.41) is 8.57. The number of nitrogens with zero attached hydrogens (tertiary/aromatic N) is 4.